The molecule has 3 nitrogen and oxygen atoms in total. The highest BCUT2D eigenvalue weighted by Crippen LogP contribution is 2.44. The van der Waals surface area contributed by atoms with Crippen molar-refractivity contribution in [3.05, 3.63) is 133 Å². The maximum Gasteiger partial charge on any atom is 0.143 e. The van der Waals surface area contributed by atoms with Gasteiger partial charge < -0.3 is 4.42 Å². The monoisotopic (exact) mass is 510 g/mol. The van der Waals surface area contributed by atoms with E-state index in [-0.39, 0.29) is 0 Å². The fourth-order valence-electron chi connectivity index (χ4n) is 6.45. The molecule has 3 aromatic heterocycles. The molecule has 0 aliphatic rings. The molecular formula is C37H22N2O. The molecule has 186 valence electrons. The van der Waals surface area contributed by atoms with Crippen molar-refractivity contribution in [2.45, 2.75) is 0 Å². The third kappa shape index (κ3) is 2.92. The first-order chi connectivity index (χ1) is 19.8. The smallest absolute Gasteiger partial charge is 0.143 e. The molecule has 0 saturated heterocycles. The van der Waals surface area contributed by atoms with Crippen LogP contribution in [0.4, 0.5) is 0 Å². The molecule has 0 amide bonds. The standard InChI is InChI=1S/C37H22N2O/c1-2-9-23(10-3-1)30-15-8-18-34(38-30)39-31-16-6-11-24-19-20-27-25(21-22-32(39)36(27)35(24)31)28-13-7-14-29-26-12-4-5-17-33(26)40-37(28)29/h1-22H. The van der Waals surface area contributed by atoms with Crippen molar-refractivity contribution in [1.82, 2.24) is 9.55 Å². The maximum atomic E-state index is 6.44. The highest BCUT2D eigenvalue weighted by Gasteiger charge is 2.21. The van der Waals surface area contributed by atoms with Crippen LogP contribution in [0.5, 0.6) is 0 Å². The van der Waals surface area contributed by atoms with Crippen LogP contribution in [0.3, 0.4) is 0 Å². The summed E-state index contributed by atoms with van der Waals surface area (Å²) in [5, 5.41) is 7.25. The second-order valence-corrected chi connectivity index (χ2v) is 10.4. The summed E-state index contributed by atoms with van der Waals surface area (Å²) in [6.45, 7) is 0. The lowest BCUT2D eigenvalue weighted by Gasteiger charge is -2.11. The van der Waals surface area contributed by atoms with Crippen LogP contribution >= 0.6 is 0 Å². The van der Waals surface area contributed by atoms with Gasteiger partial charge in [-0.1, -0.05) is 103 Å². The molecule has 0 saturated carbocycles. The number of pyridine rings is 1. The minimum absolute atomic E-state index is 0.915. The first kappa shape index (κ1) is 21.5. The van der Waals surface area contributed by atoms with Crippen molar-refractivity contribution >= 4 is 54.5 Å². The van der Waals surface area contributed by atoms with Crippen LogP contribution in [-0.4, -0.2) is 9.55 Å². The van der Waals surface area contributed by atoms with E-state index in [4.69, 9.17) is 9.40 Å². The fourth-order valence-corrected chi connectivity index (χ4v) is 6.45. The van der Waals surface area contributed by atoms with Gasteiger partial charge in [-0.2, -0.15) is 0 Å². The van der Waals surface area contributed by atoms with Crippen molar-refractivity contribution < 1.29 is 4.42 Å². The Morgan fingerprint density at radius 3 is 2.25 bits per heavy atom. The van der Waals surface area contributed by atoms with Gasteiger partial charge in [0.1, 0.15) is 17.0 Å². The van der Waals surface area contributed by atoms with Crippen molar-refractivity contribution in [3.63, 3.8) is 0 Å². The number of para-hydroxylation sites is 2. The summed E-state index contributed by atoms with van der Waals surface area (Å²) in [6.07, 6.45) is 0. The zero-order chi connectivity index (χ0) is 26.2. The number of rotatable bonds is 3. The van der Waals surface area contributed by atoms with Gasteiger partial charge in [-0.3, -0.25) is 4.57 Å². The largest absolute Gasteiger partial charge is 0.455 e. The van der Waals surface area contributed by atoms with E-state index in [2.05, 4.69) is 120 Å². The van der Waals surface area contributed by atoms with Crippen molar-refractivity contribution in [3.8, 4) is 28.2 Å². The van der Waals surface area contributed by atoms with E-state index in [1.54, 1.807) is 0 Å². The quantitative estimate of drug-likeness (QED) is 0.221. The van der Waals surface area contributed by atoms with Crippen molar-refractivity contribution in [2.75, 3.05) is 0 Å². The third-order valence-electron chi connectivity index (χ3n) is 8.19. The summed E-state index contributed by atoms with van der Waals surface area (Å²) < 4.78 is 8.75. The van der Waals surface area contributed by atoms with Gasteiger partial charge in [-0.25, -0.2) is 4.98 Å². The normalized spacial score (nSPS) is 12.0. The molecule has 9 rings (SSSR count). The Bertz CT molecular complexity index is 2380. The third-order valence-corrected chi connectivity index (χ3v) is 8.19. The van der Waals surface area contributed by atoms with Crippen LogP contribution in [0.2, 0.25) is 0 Å². The lowest BCUT2D eigenvalue weighted by Crippen LogP contribution is -1.98. The second-order valence-electron chi connectivity index (χ2n) is 10.4. The highest BCUT2D eigenvalue weighted by atomic mass is 16.3. The van der Waals surface area contributed by atoms with E-state index in [0.29, 0.717) is 0 Å². The van der Waals surface area contributed by atoms with Crippen LogP contribution < -0.4 is 0 Å². The lowest BCUT2D eigenvalue weighted by molar-refractivity contribution is 0.670. The lowest BCUT2D eigenvalue weighted by atomic mass is 9.94. The summed E-state index contributed by atoms with van der Waals surface area (Å²) in [7, 11) is 0. The SMILES string of the molecule is c1ccc(-c2cccc(-n3c4cccc5ccc6c(-c7cccc8c7oc7ccccc78)ccc3c6c54)n2)cc1. The van der Waals surface area contributed by atoms with E-state index in [1.165, 1.54) is 27.1 Å². The molecule has 0 aliphatic heterocycles. The summed E-state index contributed by atoms with van der Waals surface area (Å²) in [4.78, 5) is 5.14. The first-order valence-corrected chi connectivity index (χ1v) is 13.6. The Hall–Kier alpha value is -5.41. The Morgan fingerprint density at radius 1 is 0.500 bits per heavy atom. The molecule has 40 heavy (non-hydrogen) atoms. The van der Waals surface area contributed by atoms with Crippen molar-refractivity contribution in [1.29, 1.82) is 0 Å². The van der Waals surface area contributed by atoms with Gasteiger partial charge in [0.05, 0.1) is 16.7 Å². The summed E-state index contributed by atoms with van der Waals surface area (Å²) in [6, 6.07) is 46.9. The van der Waals surface area contributed by atoms with E-state index in [9.17, 15) is 0 Å². The molecule has 0 fully saturated rings. The Balaban J connectivity index is 1.35. The minimum atomic E-state index is 0.915. The van der Waals surface area contributed by atoms with Gasteiger partial charge in [-0.15, -0.1) is 0 Å². The van der Waals surface area contributed by atoms with E-state index in [0.717, 1.165) is 55.6 Å². The van der Waals surface area contributed by atoms with Crippen LogP contribution in [0.15, 0.2) is 138 Å². The van der Waals surface area contributed by atoms with E-state index in [1.807, 2.05) is 18.2 Å². The first-order valence-electron chi connectivity index (χ1n) is 13.6. The molecule has 3 heteroatoms. The predicted octanol–water partition coefficient (Wildman–Crippen LogP) is 10.0. The Morgan fingerprint density at radius 2 is 1.30 bits per heavy atom. The molecule has 0 spiro atoms. The Labute approximate surface area is 229 Å². The fraction of sp³-hybridized carbons (Fsp3) is 0. The van der Waals surface area contributed by atoms with Gasteiger partial charge >= 0.3 is 0 Å². The number of furan rings is 1. The predicted molar refractivity (Wildman–Crippen MR) is 165 cm³/mol. The van der Waals surface area contributed by atoms with Crippen LogP contribution in [-0.2, 0) is 0 Å². The van der Waals surface area contributed by atoms with Crippen LogP contribution in [0, 0.1) is 0 Å². The number of aromatic nitrogens is 2. The van der Waals surface area contributed by atoms with Crippen LogP contribution in [0.1, 0.15) is 0 Å². The summed E-state index contributed by atoms with van der Waals surface area (Å²) in [5.74, 6) is 0.915. The molecule has 3 heterocycles. The number of hydrogen-bond acceptors (Lipinski definition) is 2. The van der Waals surface area contributed by atoms with E-state index < -0.39 is 0 Å². The van der Waals surface area contributed by atoms with Gasteiger partial charge in [0.2, 0.25) is 0 Å². The molecule has 0 radical (unpaired) electrons. The van der Waals surface area contributed by atoms with Gasteiger partial charge in [0.25, 0.3) is 0 Å². The topological polar surface area (TPSA) is 31.0 Å². The molecule has 0 N–H and O–H groups in total. The minimum Gasteiger partial charge on any atom is -0.455 e. The molecule has 0 unspecified atom stereocenters. The zero-order valence-electron chi connectivity index (χ0n) is 21.5. The molecule has 6 aromatic carbocycles. The Kier molecular flexibility index (Phi) is 4.33. The summed E-state index contributed by atoms with van der Waals surface area (Å²) >= 11 is 0. The van der Waals surface area contributed by atoms with Crippen molar-refractivity contribution in [2.24, 2.45) is 0 Å². The van der Waals surface area contributed by atoms with Gasteiger partial charge in [0.15, 0.2) is 0 Å². The van der Waals surface area contributed by atoms with Gasteiger partial charge in [-0.05, 0) is 46.7 Å². The number of hydrogen-bond donors (Lipinski definition) is 0. The number of benzene rings is 6. The molecule has 0 bridgehead atoms. The number of nitrogens with zero attached hydrogens (tertiary/aromatic N) is 2. The molecule has 0 aliphatic carbocycles. The molecule has 9 aromatic rings. The molecule has 0 atom stereocenters. The average Bonchev–Trinajstić information content (AvgIpc) is 3.57. The summed E-state index contributed by atoms with van der Waals surface area (Å²) in [5.41, 5.74) is 8.52. The highest BCUT2D eigenvalue weighted by molar-refractivity contribution is 6.27. The van der Waals surface area contributed by atoms with Crippen LogP contribution in [0.25, 0.3) is 82.7 Å². The van der Waals surface area contributed by atoms with Gasteiger partial charge in [0, 0.05) is 32.7 Å². The zero-order valence-corrected chi connectivity index (χ0v) is 21.5. The maximum absolute atomic E-state index is 6.44. The number of fused-ring (bicyclic) bond motifs is 3. The second kappa shape index (κ2) is 8.05. The van der Waals surface area contributed by atoms with E-state index >= 15 is 0 Å². The average molecular weight is 511 g/mol. The molecular weight excluding hydrogens is 488 g/mol.